The maximum absolute atomic E-state index is 13.4. The van der Waals surface area contributed by atoms with Crippen LogP contribution in [0.15, 0.2) is 53.7 Å². The van der Waals surface area contributed by atoms with Gasteiger partial charge in [0.25, 0.3) is 0 Å². The lowest BCUT2D eigenvalue weighted by Gasteiger charge is -2.31. The number of hydrogen-bond acceptors (Lipinski definition) is 6. The Labute approximate surface area is 207 Å². The van der Waals surface area contributed by atoms with E-state index < -0.39 is 6.04 Å². The van der Waals surface area contributed by atoms with Crippen molar-refractivity contribution in [2.45, 2.75) is 59.4 Å². The molecule has 1 aromatic heterocycles. The van der Waals surface area contributed by atoms with Gasteiger partial charge in [-0.05, 0) is 56.5 Å². The van der Waals surface area contributed by atoms with Gasteiger partial charge in [-0.3, -0.25) is 4.57 Å². The van der Waals surface area contributed by atoms with Crippen LogP contribution in [0, 0.1) is 0 Å². The molecule has 0 amide bonds. The van der Waals surface area contributed by atoms with Gasteiger partial charge in [0.1, 0.15) is 0 Å². The second-order valence-corrected chi connectivity index (χ2v) is 8.53. The Balaban J connectivity index is 1.90. The predicted octanol–water partition coefficient (Wildman–Crippen LogP) is 6.25. The highest BCUT2D eigenvalue weighted by atomic mass is 16.5. The molecular formula is C28H35N3O4. The van der Waals surface area contributed by atoms with Crippen molar-refractivity contribution in [3.63, 3.8) is 0 Å². The minimum absolute atomic E-state index is 0.306. The predicted molar refractivity (Wildman–Crippen MR) is 138 cm³/mol. The molecule has 0 saturated heterocycles. The molecule has 0 saturated carbocycles. The zero-order valence-electron chi connectivity index (χ0n) is 21.1. The normalized spacial score (nSPS) is 15.0. The molecule has 3 aromatic rings. The van der Waals surface area contributed by atoms with Crippen LogP contribution in [-0.2, 0) is 9.53 Å². The number of unbranched alkanes of at least 4 members (excludes halogenated alkanes) is 1. The van der Waals surface area contributed by atoms with Gasteiger partial charge in [0.2, 0.25) is 5.95 Å². The standard InChI is InChI=1S/C28H35N3O4/c1-5-9-17-35-23-16-15-19(18-24(23)33-7-3)26-25(27(32)34-8-4)21(12-6-2)30-28-29-20-13-10-11-14-22(20)31(26)28/h10-11,13-16,18,26H,5-9,12,17H2,1-4H3,(H,29,30)/t26-/m1/s1. The van der Waals surface area contributed by atoms with Gasteiger partial charge < -0.3 is 19.5 Å². The number of fused-ring (bicyclic) bond motifs is 3. The number of rotatable bonds is 11. The van der Waals surface area contributed by atoms with Crippen molar-refractivity contribution >= 4 is 23.0 Å². The summed E-state index contributed by atoms with van der Waals surface area (Å²) in [6.45, 7) is 9.47. The number of esters is 1. The average molecular weight is 478 g/mol. The van der Waals surface area contributed by atoms with Crippen LogP contribution in [-0.4, -0.2) is 35.3 Å². The van der Waals surface area contributed by atoms with Gasteiger partial charge in [-0.1, -0.05) is 44.9 Å². The SMILES string of the molecule is CCCCOc1ccc([C@@H]2C(C(=O)OCC)=C(CCC)Nc3nc4ccccc4n32)cc1OCC. The number of ether oxygens (including phenoxy) is 3. The fourth-order valence-electron chi connectivity index (χ4n) is 4.51. The molecule has 35 heavy (non-hydrogen) atoms. The third kappa shape index (κ3) is 4.99. The zero-order chi connectivity index (χ0) is 24.8. The van der Waals surface area contributed by atoms with E-state index in [1.54, 1.807) is 0 Å². The van der Waals surface area contributed by atoms with Crippen LogP contribution in [0.3, 0.4) is 0 Å². The Bertz CT molecular complexity index is 1210. The number of hydrogen-bond donors (Lipinski definition) is 1. The summed E-state index contributed by atoms with van der Waals surface area (Å²) in [7, 11) is 0. The third-order valence-electron chi connectivity index (χ3n) is 6.05. The third-order valence-corrected chi connectivity index (χ3v) is 6.05. The molecule has 1 aliphatic rings. The quantitative estimate of drug-likeness (QED) is 0.260. The van der Waals surface area contributed by atoms with Crippen molar-refractivity contribution in [3.8, 4) is 11.5 Å². The number of imidazole rings is 1. The van der Waals surface area contributed by atoms with Crippen molar-refractivity contribution < 1.29 is 19.0 Å². The number of allylic oxidation sites excluding steroid dienone is 1. The maximum Gasteiger partial charge on any atom is 0.338 e. The van der Waals surface area contributed by atoms with Gasteiger partial charge in [-0.15, -0.1) is 0 Å². The topological polar surface area (TPSA) is 74.6 Å². The van der Waals surface area contributed by atoms with Crippen molar-refractivity contribution in [1.82, 2.24) is 9.55 Å². The van der Waals surface area contributed by atoms with E-state index in [2.05, 4.69) is 23.7 Å². The molecule has 7 nitrogen and oxygen atoms in total. The zero-order valence-corrected chi connectivity index (χ0v) is 21.1. The fourth-order valence-corrected chi connectivity index (χ4v) is 4.51. The van der Waals surface area contributed by atoms with E-state index in [0.717, 1.165) is 41.6 Å². The van der Waals surface area contributed by atoms with Crippen molar-refractivity contribution in [2.24, 2.45) is 0 Å². The summed E-state index contributed by atoms with van der Waals surface area (Å²) in [6.07, 6.45) is 3.63. The Kier molecular flexibility index (Phi) is 7.95. The highest BCUT2D eigenvalue weighted by Crippen LogP contribution is 2.42. The fraction of sp³-hybridized carbons (Fsp3) is 0.429. The first-order chi connectivity index (χ1) is 17.1. The van der Waals surface area contributed by atoms with Gasteiger partial charge >= 0.3 is 5.97 Å². The lowest BCUT2D eigenvalue weighted by atomic mass is 9.93. The minimum Gasteiger partial charge on any atom is -0.490 e. The molecule has 0 unspecified atom stereocenters. The molecule has 1 N–H and O–H groups in total. The van der Waals surface area contributed by atoms with E-state index in [-0.39, 0.29) is 5.97 Å². The second kappa shape index (κ2) is 11.3. The lowest BCUT2D eigenvalue weighted by molar-refractivity contribution is -0.139. The summed E-state index contributed by atoms with van der Waals surface area (Å²) in [5, 5.41) is 3.44. The summed E-state index contributed by atoms with van der Waals surface area (Å²) in [4.78, 5) is 18.2. The average Bonchev–Trinajstić information content (AvgIpc) is 3.23. The summed E-state index contributed by atoms with van der Waals surface area (Å²) in [5.74, 6) is 1.78. The Morgan fingerprint density at radius 2 is 1.83 bits per heavy atom. The molecular weight excluding hydrogens is 442 g/mol. The van der Waals surface area contributed by atoms with Crippen molar-refractivity contribution in [3.05, 3.63) is 59.3 Å². The summed E-state index contributed by atoms with van der Waals surface area (Å²) in [5.41, 5.74) is 4.18. The van der Waals surface area contributed by atoms with E-state index in [0.29, 0.717) is 49.3 Å². The summed E-state index contributed by atoms with van der Waals surface area (Å²) < 4.78 is 19.6. The highest BCUT2D eigenvalue weighted by molar-refractivity contribution is 5.94. The first-order valence-corrected chi connectivity index (χ1v) is 12.7. The first-order valence-electron chi connectivity index (χ1n) is 12.7. The van der Waals surface area contributed by atoms with Crippen LogP contribution in [0.1, 0.15) is 65.0 Å². The molecule has 2 aromatic carbocycles. The molecule has 0 radical (unpaired) electrons. The number of nitrogens with zero attached hydrogens (tertiary/aromatic N) is 2. The molecule has 4 rings (SSSR count). The Morgan fingerprint density at radius 1 is 1.00 bits per heavy atom. The molecule has 186 valence electrons. The van der Waals surface area contributed by atoms with Crippen LogP contribution in [0.2, 0.25) is 0 Å². The van der Waals surface area contributed by atoms with Gasteiger partial charge in [-0.2, -0.15) is 0 Å². The second-order valence-electron chi connectivity index (χ2n) is 8.53. The number of benzene rings is 2. The molecule has 0 bridgehead atoms. The smallest absolute Gasteiger partial charge is 0.338 e. The van der Waals surface area contributed by atoms with E-state index in [9.17, 15) is 4.79 Å². The largest absolute Gasteiger partial charge is 0.490 e. The van der Waals surface area contributed by atoms with Crippen LogP contribution in [0.4, 0.5) is 5.95 Å². The van der Waals surface area contributed by atoms with Crippen LogP contribution < -0.4 is 14.8 Å². The van der Waals surface area contributed by atoms with Crippen molar-refractivity contribution in [1.29, 1.82) is 0 Å². The van der Waals surface area contributed by atoms with E-state index in [1.165, 1.54) is 0 Å². The van der Waals surface area contributed by atoms with Crippen LogP contribution >= 0.6 is 0 Å². The highest BCUT2D eigenvalue weighted by Gasteiger charge is 2.36. The number of para-hydroxylation sites is 2. The Morgan fingerprint density at radius 3 is 2.57 bits per heavy atom. The Hall–Kier alpha value is -3.48. The summed E-state index contributed by atoms with van der Waals surface area (Å²) >= 11 is 0. The van der Waals surface area contributed by atoms with Crippen molar-refractivity contribution in [2.75, 3.05) is 25.1 Å². The van der Waals surface area contributed by atoms with E-state index >= 15 is 0 Å². The van der Waals surface area contributed by atoms with Gasteiger partial charge in [-0.25, -0.2) is 9.78 Å². The molecule has 2 heterocycles. The van der Waals surface area contributed by atoms with Gasteiger partial charge in [0.05, 0.1) is 42.5 Å². The molecule has 1 aliphatic heterocycles. The molecule has 1 atom stereocenters. The molecule has 7 heteroatoms. The van der Waals surface area contributed by atoms with E-state index in [1.807, 2.05) is 56.3 Å². The van der Waals surface area contributed by atoms with Crippen LogP contribution in [0.25, 0.3) is 11.0 Å². The first kappa shape index (κ1) is 24.6. The summed E-state index contributed by atoms with van der Waals surface area (Å²) in [6, 6.07) is 13.5. The molecule has 0 fully saturated rings. The van der Waals surface area contributed by atoms with Gasteiger partial charge in [0.15, 0.2) is 11.5 Å². The van der Waals surface area contributed by atoms with Gasteiger partial charge in [0, 0.05) is 5.70 Å². The van der Waals surface area contributed by atoms with E-state index in [4.69, 9.17) is 19.2 Å². The number of nitrogens with one attached hydrogen (secondary N) is 1. The minimum atomic E-state index is -0.414. The number of carbonyl (C=O) groups is 1. The number of aromatic nitrogens is 2. The molecule has 0 aliphatic carbocycles. The molecule has 0 spiro atoms. The monoisotopic (exact) mass is 477 g/mol. The number of carbonyl (C=O) groups excluding carboxylic acids is 1. The maximum atomic E-state index is 13.4. The number of anilines is 1. The van der Waals surface area contributed by atoms with Crippen LogP contribution in [0.5, 0.6) is 11.5 Å². The lowest BCUT2D eigenvalue weighted by Crippen LogP contribution is -2.29.